The molecule has 1 aromatic carbocycles. The van der Waals surface area contributed by atoms with Crippen molar-refractivity contribution >= 4 is 33.3 Å². The number of carbonyl (C=O) groups excluding carboxylic acids is 1. The van der Waals surface area contributed by atoms with Crippen molar-refractivity contribution in [2.45, 2.75) is 95.1 Å². The fourth-order valence-corrected chi connectivity index (χ4v) is 10.7. The minimum Gasteiger partial charge on any atom is -0.485 e. The van der Waals surface area contributed by atoms with Gasteiger partial charge in [0.15, 0.2) is 11.6 Å². The van der Waals surface area contributed by atoms with Gasteiger partial charge in [0, 0.05) is 57.4 Å². The van der Waals surface area contributed by atoms with Gasteiger partial charge < -0.3 is 14.4 Å². The number of aryl methyl sites for hydroxylation is 1. The summed E-state index contributed by atoms with van der Waals surface area (Å²) in [4.78, 5) is 26.0. The number of allylic oxidation sites excluding steroid dienone is 1. The Morgan fingerprint density at radius 2 is 1.85 bits per heavy atom. The number of ether oxygens (including phenoxy) is 2. The van der Waals surface area contributed by atoms with E-state index in [4.69, 9.17) is 26.1 Å². The number of methoxy groups -OCH3 is 1. The second-order valence-corrected chi connectivity index (χ2v) is 18.4. The maximum atomic E-state index is 13.6. The predicted octanol–water partition coefficient (Wildman–Crippen LogP) is 6.08. The number of benzene rings is 1. The second kappa shape index (κ2) is 16.0. The molecule has 284 valence electrons. The molecule has 1 amide bonds. The lowest BCUT2D eigenvalue weighted by molar-refractivity contribution is -0.100. The Hall–Kier alpha value is -2.70. The number of hydrogen-bond donors (Lipinski definition) is 1. The molecule has 7 rings (SSSR count). The van der Waals surface area contributed by atoms with Crippen molar-refractivity contribution in [3.63, 3.8) is 0 Å². The van der Waals surface area contributed by atoms with E-state index < -0.39 is 26.8 Å². The number of pyridine rings is 1. The Morgan fingerprint density at radius 3 is 2.65 bits per heavy atom. The van der Waals surface area contributed by atoms with Crippen LogP contribution in [0.25, 0.3) is 0 Å². The molecule has 0 unspecified atom stereocenters. The zero-order valence-corrected chi connectivity index (χ0v) is 32.6. The molecule has 2 aromatic rings. The summed E-state index contributed by atoms with van der Waals surface area (Å²) in [6.45, 7) is 10.6. The predicted molar refractivity (Wildman–Crippen MR) is 206 cm³/mol. The fourth-order valence-electron chi connectivity index (χ4n) is 9.19. The number of anilines is 1. The first-order valence-electron chi connectivity index (χ1n) is 19.5. The molecule has 2 saturated heterocycles. The standard InChI is InChI=1S/C40H56ClN5O5S/c1-28-9-8-18-40(50-3,27-44-21-22-45-19-7-5-11-34(45)25-44)35-15-13-31(35)24-46-20-6-4-10-30-23-33(41)14-12-32(30)26-51-37-17-16-36(42-38(37)46)39(47)43-52(48,49)29(28)2/h8,12,14,16-18,23,28-29,31,34-35H,4-7,9-11,13,15,19-22,24-27H2,1-3H3,(H,43,47)/b18-8+/t28-,29+,31-,34+,35+,40+/m0/s1. The van der Waals surface area contributed by atoms with Gasteiger partial charge in [-0.1, -0.05) is 43.2 Å². The summed E-state index contributed by atoms with van der Waals surface area (Å²) in [6.07, 6.45) is 13.7. The van der Waals surface area contributed by atoms with E-state index in [2.05, 4.69) is 31.6 Å². The molecular formula is C40H56ClN5O5S. The van der Waals surface area contributed by atoms with Gasteiger partial charge in [-0.25, -0.2) is 18.1 Å². The number of aromatic nitrogens is 1. The zero-order valence-electron chi connectivity index (χ0n) is 31.1. The Labute approximate surface area is 315 Å². The summed E-state index contributed by atoms with van der Waals surface area (Å²) in [5.74, 6) is 0.796. The molecule has 1 N–H and O–H groups in total. The van der Waals surface area contributed by atoms with Crippen LogP contribution in [-0.4, -0.2) is 98.9 Å². The van der Waals surface area contributed by atoms with Crippen LogP contribution in [0.4, 0.5) is 5.82 Å². The van der Waals surface area contributed by atoms with Gasteiger partial charge in [0.25, 0.3) is 5.91 Å². The van der Waals surface area contributed by atoms with Gasteiger partial charge in [-0.2, -0.15) is 0 Å². The number of piperidine rings is 1. The maximum Gasteiger partial charge on any atom is 0.283 e. The van der Waals surface area contributed by atoms with Crippen molar-refractivity contribution in [1.29, 1.82) is 0 Å². The lowest BCUT2D eigenvalue weighted by Gasteiger charge is -2.53. The zero-order chi connectivity index (χ0) is 36.5. The summed E-state index contributed by atoms with van der Waals surface area (Å²) in [7, 11) is -2.13. The third-order valence-corrected chi connectivity index (χ3v) is 14.9. The third kappa shape index (κ3) is 8.04. The number of nitrogens with one attached hydrogen (secondary N) is 1. The third-order valence-electron chi connectivity index (χ3n) is 12.8. The number of halogens is 1. The molecule has 52 heavy (non-hydrogen) atoms. The van der Waals surface area contributed by atoms with Crippen LogP contribution in [0, 0.1) is 17.8 Å². The Bertz CT molecular complexity index is 1740. The van der Waals surface area contributed by atoms with E-state index in [0.717, 1.165) is 76.9 Å². The average Bonchev–Trinajstić information content (AvgIpc) is 3.15. The first kappa shape index (κ1) is 37.6. The summed E-state index contributed by atoms with van der Waals surface area (Å²) in [5.41, 5.74) is 1.79. The minimum atomic E-state index is -3.99. The van der Waals surface area contributed by atoms with Crippen molar-refractivity contribution in [2.24, 2.45) is 17.8 Å². The van der Waals surface area contributed by atoms with Crippen molar-refractivity contribution in [2.75, 3.05) is 57.8 Å². The molecular weight excluding hydrogens is 698 g/mol. The number of hydrogen-bond acceptors (Lipinski definition) is 9. The smallest absolute Gasteiger partial charge is 0.283 e. The molecule has 3 fully saturated rings. The molecule has 10 nitrogen and oxygen atoms in total. The van der Waals surface area contributed by atoms with E-state index in [-0.39, 0.29) is 17.5 Å². The Balaban J connectivity index is 1.25. The van der Waals surface area contributed by atoms with Crippen molar-refractivity contribution in [3.05, 3.63) is 64.3 Å². The highest BCUT2D eigenvalue weighted by atomic mass is 35.5. The monoisotopic (exact) mass is 753 g/mol. The van der Waals surface area contributed by atoms with Crippen LogP contribution < -0.4 is 14.4 Å². The van der Waals surface area contributed by atoms with Gasteiger partial charge >= 0.3 is 0 Å². The fraction of sp³-hybridized carbons (Fsp3) is 0.650. The number of fused-ring (bicyclic) bond motifs is 4. The molecule has 1 aliphatic carbocycles. The molecule has 5 aliphatic rings. The molecule has 2 bridgehead atoms. The topological polar surface area (TPSA) is 104 Å². The first-order chi connectivity index (χ1) is 25.0. The highest BCUT2D eigenvalue weighted by molar-refractivity contribution is 7.90. The van der Waals surface area contributed by atoms with Crippen LogP contribution in [0.3, 0.4) is 0 Å². The number of carbonyl (C=O) groups is 1. The van der Waals surface area contributed by atoms with Crippen LogP contribution in [-0.2, 0) is 27.8 Å². The number of amides is 1. The van der Waals surface area contributed by atoms with E-state index in [9.17, 15) is 13.2 Å². The van der Waals surface area contributed by atoms with Gasteiger partial charge in [-0.3, -0.25) is 14.6 Å². The van der Waals surface area contributed by atoms with Crippen LogP contribution in [0.5, 0.6) is 5.75 Å². The number of piperazine rings is 1. The number of sulfonamides is 1. The maximum absolute atomic E-state index is 13.6. The Kier molecular flexibility index (Phi) is 11.5. The van der Waals surface area contributed by atoms with Crippen molar-refractivity contribution in [3.8, 4) is 5.75 Å². The van der Waals surface area contributed by atoms with E-state index in [1.165, 1.54) is 31.4 Å². The molecule has 6 atom stereocenters. The molecule has 5 heterocycles. The van der Waals surface area contributed by atoms with Gasteiger partial charge in [0.2, 0.25) is 10.0 Å². The molecule has 4 aliphatic heterocycles. The first-order valence-corrected chi connectivity index (χ1v) is 21.4. The lowest BCUT2D eigenvalue weighted by Crippen LogP contribution is -2.61. The van der Waals surface area contributed by atoms with Crippen LogP contribution in [0.1, 0.15) is 86.8 Å². The summed E-state index contributed by atoms with van der Waals surface area (Å²) in [6, 6.07) is 9.87. The van der Waals surface area contributed by atoms with Crippen LogP contribution >= 0.6 is 11.6 Å². The van der Waals surface area contributed by atoms with E-state index in [0.29, 0.717) is 41.6 Å². The van der Waals surface area contributed by atoms with E-state index in [1.807, 2.05) is 32.2 Å². The van der Waals surface area contributed by atoms with Crippen molar-refractivity contribution < 1.29 is 22.7 Å². The lowest BCUT2D eigenvalue weighted by atomic mass is 9.63. The van der Waals surface area contributed by atoms with E-state index >= 15 is 0 Å². The summed E-state index contributed by atoms with van der Waals surface area (Å²) >= 11 is 6.40. The summed E-state index contributed by atoms with van der Waals surface area (Å²) < 4.78 is 42.7. The molecule has 0 spiro atoms. The average molecular weight is 754 g/mol. The highest BCUT2D eigenvalue weighted by Gasteiger charge is 2.49. The molecule has 1 saturated carbocycles. The number of nitrogens with zero attached hydrogens (tertiary/aromatic N) is 4. The molecule has 1 aromatic heterocycles. The Morgan fingerprint density at radius 1 is 1.00 bits per heavy atom. The van der Waals surface area contributed by atoms with Gasteiger partial charge in [0.05, 0.1) is 5.25 Å². The molecule has 0 radical (unpaired) electrons. The van der Waals surface area contributed by atoms with E-state index in [1.54, 1.807) is 19.1 Å². The van der Waals surface area contributed by atoms with Crippen LogP contribution in [0.15, 0.2) is 42.5 Å². The van der Waals surface area contributed by atoms with Gasteiger partial charge in [-0.15, -0.1) is 0 Å². The van der Waals surface area contributed by atoms with Gasteiger partial charge in [-0.05, 0) is 118 Å². The van der Waals surface area contributed by atoms with Crippen LogP contribution in [0.2, 0.25) is 5.02 Å². The largest absolute Gasteiger partial charge is 0.485 e. The normalized spacial score (nSPS) is 32.4. The number of rotatable bonds is 3. The quantitative estimate of drug-likeness (QED) is 0.374. The highest BCUT2D eigenvalue weighted by Crippen LogP contribution is 2.47. The minimum absolute atomic E-state index is 0.0584. The van der Waals surface area contributed by atoms with Crippen molar-refractivity contribution in [1.82, 2.24) is 19.5 Å². The SMILES string of the molecule is CO[C@@]1(CN2CCN3CCCC[C@@H]3C2)/C=C/C[C@H](C)[C@@H](C)S(=O)(=O)NC(=O)c2ccc3c(n2)N(CCCCc2cc(Cl)ccc2CO3)C[C@@H]2CC[C@H]21. The molecule has 12 heteroatoms. The van der Waals surface area contributed by atoms with Gasteiger partial charge in [0.1, 0.15) is 17.9 Å². The second-order valence-electron chi connectivity index (χ2n) is 15.9. The summed E-state index contributed by atoms with van der Waals surface area (Å²) in [5, 5.41) is -0.0848.